The smallest absolute Gasteiger partial charge is 0.123 e. The van der Waals surface area contributed by atoms with Crippen LogP contribution in [0.4, 0.5) is 4.39 Å². The molecule has 1 saturated carbocycles. The van der Waals surface area contributed by atoms with E-state index in [2.05, 4.69) is 13.8 Å². The molecular weight excluding hydrogens is 269 g/mol. The van der Waals surface area contributed by atoms with Crippen molar-refractivity contribution in [2.24, 2.45) is 16.6 Å². The van der Waals surface area contributed by atoms with E-state index in [0.717, 1.165) is 30.6 Å². The first-order valence-corrected chi connectivity index (χ1v) is 7.69. The molecule has 4 heteroatoms. The minimum Gasteiger partial charge on any atom is -0.490 e. The maximum Gasteiger partial charge on any atom is 0.123 e. The average Bonchev–Trinajstić information content (AvgIpc) is 2.92. The van der Waals surface area contributed by atoms with Crippen LogP contribution in [0.25, 0.3) is 0 Å². The highest BCUT2D eigenvalue weighted by molar-refractivity contribution is 5.38. The van der Waals surface area contributed by atoms with E-state index in [4.69, 9.17) is 10.5 Å². The third kappa shape index (κ3) is 2.44. The predicted octanol–water partition coefficient (Wildman–Crippen LogP) is 2.65. The molecule has 0 spiro atoms. The fourth-order valence-electron chi connectivity index (χ4n) is 4.04. The average molecular weight is 293 g/mol. The number of hydrogen-bond acceptors (Lipinski definition) is 3. The number of rotatable bonds is 3. The van der Waals surface area contributed by atoms with Gasteiger partial charge in [-0.25, -0.2) is 4.39 Å². The fourth-order valence-corrected chi connectivity index (χ4v) is 4.04. The molecule has 1 aromatic carbocycles. The molecule has 3 unspecified atom stereocenters. The molecular formula is C17H24FNO2. The molecule has 21 heavy (non-hydrogen) atoms. The van der Waals surface area contributed by atoms with E-state index in [-0.39, 0.29) is 22.8 Å². The molecule has 2 aliphatic rings. The van der Waals surface area contributed by atoms with Gasteiger partial charge < -0.3 is 15.6 Å². The lowest BCUT2D eigenvalue weighted by atomic mass is 9.74. The normalized spacial score (nSPS) is 33.8. The SMILES string of the molecule is CC1(C)CCC(CN)(CC2Cc3cc(F)ccc3O2)C1O. The molecule has 0 bridgehead atoms. The van der Waals surface area contributed by atoms with Crippen LogP contribution in [0.2, 0.25) is 0 Å². The second kappa shape index (κ2) is 4.96. The second-order valence-corrected chi connectivity index (χ2v) is 7.36. The van der Waals surface area contributed by atoms with Crippen molar-refractivity contribution in [1.82, 2.24) is 0 Å². The van der Waals surface area contributed by atoms with E-state index >= 15 is 0 Å². The van der Waals surface area contributed by atoms with Crippen LogP contribution in [-0.4, -0.2) is 23.9 Å². The van der Waals surface area contributed by atoms with Gasteiger partial charge in [-0.3, -0.25) is 0 Å². The Labute approximate surface area is 125 Å². The molecule has 1 aromatic rings. The lowest BCUT2D eigenvalue weighted by Gasteiger charge is -2.37. The minimum atomic E-state index is -0.418. The van der Waals surface area contributed by atoms with Gasteiger partial charge in [0.05, 0.1) is 6.10 Å². The van der Waals surface area contributed by atoms with Crippen LogP contribution in [0.5, 0.6) is 5.75 Å². The Morgan fingerprint density at radius 2 is 2.14 bits per heavy atom. The molecule has 1 aliphatic heterocycles. The minimum absolute atomic E-state index is 0.0195. The van der Waals surface area contributed by atoms with E-state index in [9.17, 15) is 9.50 Å². The van der Waals surface area contributed by atoms with Crippen molar-refractivity contribution >= 4 is 0 Å². The van der Waals surface area contributed by atoms with Crippen LogP contribution in [0.3, 0.4) is 0 Å². The predicted molar refractivity (Wildman–Crippen MR) is 79.6 cm³/mol. The second-order valence-electron chi connectivity index (χ2n) is 7.36. The molecule has 0 aromatic heterocycles. The van der Waals surface area contributed by atoms with Crippen LogP contribution in [0, 0.1) is 16.6 Å². The van der Waals surface area contributed by atoms with Crippen molar-refractivity contribution in [3.63, 3.8) is 0 Å². The van der Waals surface area contributed by atoms with Crippen molar-refractivity contribution in [2.45, 2.75) is 51.7 Å². The van der Waals surface area contributed by atoms with Gasteiger partial charge in [-0.1, -0.05) is 13.8 Å². The van der Waals surface area contributed by atoms with Crippen LogP contribution in [0.1, 0.15) is 38.7 Å². The van der Waals surface area contributed by atoms with E-state index < -0.39 is 6.10 Å². The third-order valence-corrected chi connectivity index (χ3v) is 5.39. The first-order chi connectivity index (χ1) is 9.86. The van der Waals surface area contributed by atoms with Crippen molar-refractivity contribution < 1.29 is 14.2 Å². The molecule has 1 fully saturated rings. The van der Waals surface area contributed by atoms with Gasteiger partial charge in [0.1, 0.15) is 17.7 Å². The molecule has 1 heterocycles. The maximum atomic E-state index is 13.3. The van der Waals surface area contributed by atoms with E-state index in [0.29, 0.717) is 13.0 Å². The zero-order chi connectivity index (χ0) is 15.3. The molecule has 3 nitrogen and oxygen atoms in total. The van der Waals surface area contributed by atoms with Crippen molar-refractivity contribution in [1.29, 1.82) is 0 Å². The standard InChI is InChI=1S/C17H24FNO2/c1-16(2)5-6-17(10-19,15(16)20)9-13-8-11-7-12(18)3-4-14(11)21-13/h3-4,7,13,15,20H,5-6,8-10,19H2,1-2H3. The van der Waals surface area contributed by atoms with Gasteiger partial charge in [-0.15, -0.1) is 0 Å². The Morgan fingerprint density at radius 3 is 2.76 bits per heavy atom. The highest BCUT2D eigenvalue weighted by Gasteiger charge is 2.52. The van der Waals surface area contributed by atoms with Crippen LogP contribution in [0.15, 0.2) is 18.2 Å². The monoisotopic (exact) mass is 293 g/mol. The van der Waals surface area contributed by atoms with Crippen LogP contribution >= 0.6 is 0 Å². The number of aliphatic hydroxyl groups is 1. The van der Waals surface area contributed by atoms with Crippen molar-refractivity contribution in [3.8, 4) is 5.75 Å². The summed E-state index contributed by atoms with van der Waals surface area (Å²) in [6.45, 7) is 4.64. The number of ether oxygens (including phenoxy) is 1. The number of aliphatic hydroxyl groups excluding tert-OH is 1. The molecule has 0 radical (unpaired) electrons. The molecule has 3 N–H and O–H groups in total. The Bertz CT molecular complexity index is 546. The summed E-state index contributed by atoms with van der Waals surface area (Å²) in [5, 5.41) is 10.7. The summed E-state index contributed by atoms with van der Waals surface area (Å²) in [4.78, 5) is 0. The molecule has 1 aliphatic carbocycles. The van der Waals surface area contributed by atoms with E-state index in [1.807, 2.05) is 0 Å². The van der Waals surface area contributed by atoms with E-state index in [1.54, 1.807) is 12.1 Å². The Morgan fingerprint density at radius 1 is 1.38 bits per heavy atom. The van der Waals surface area contributed by atoms with Gasteiger partial charge in [0, 0.05) is 23.9 Å². The number of nitrogens with two attached hydrogens (primary N) is 1. The molecule has 116 valence electrons. The summed E-state index contributed by atoms with van der Waals surface area (Å²) in [7, 11) is 0. The van der Waals surface area contributed by atoms with Crippen molar-refractivity contribution in [3.05, 3.63) is 29.6 Å². The lowest BCUT2D eigenvalue weighted by Crippen LogP contribution is -2.45. The Kier molecular flexibility index (Phi) is 3.49. The fraction of sp³-hybridized carbons (Fsp3) is 0.647. The van der Waals surface area contributed by atoms with E-state index in [1.165, 1.54) is 6.07 Å². The van der Waals surface area contributed by atoms with Crippen LogP contribution in [-0.2, 0) is 6.42 Å². The quantitative estimate of drug-likeness (QED) is 0.901. The summed E-state index contributed by atoms with van der Waals surface area (Å²) in [5.74, 6) is 0.536. The summed E-state index contributed by atoms with van der Waals surface area (Å²) in [6.07, 6.45) is 2.88. The Balaban J connectivity index is 1.76. The highest BCUT2D eigenvalue weighted by Crippen LogP contribution is 2.52. The summed E-state index contributed by atoms with van der Waals surface area (Å²) in [5.41, 5.74) is 6.54. The van der Waals surface area contributed by atoms with Gasteiger partial charge in [-0.2, -0.15) is 0 Å². The molecule has 3 rings (SSSR count). The Hall–Kier alpha value is -1.13. The highest BCUT2D eigenvalue weighted by atomic mass is 19.1. The number of hydrogen-bond donors (Lipinski definition) is 2. The largest absolute Gasteiger partial charge is 0.490 e. The number of halogens is 1. The first kappa shape index (κ1) is 14.8. The van der Waals surface area contributed by atoms with Gasteiger partial charge in [0.2, 0.25) is 0 Å². The van der Waals surface area contributed by atoms with Gasteiger partial charge >= 0.3 is 0 Å². The lowest BCUT2D eigenvalue weighted by molar-refractivity contribution is -0.0241. The van der Waals surface area contributed by atoms with Gasteiger partial charge in [0.25, 0.3) is 0 Å². The number of fused-ring (bicyclic) bond motifs is 1. The zero-order valence-electron chi connectivity index (χ0n) is 12.7. The maximum absolute atomic E-state index is 13.3. The van der Waals surface area contributed by atoms with Gasteiger partial charge in [0.15, 0.2) is 0 Å². The van der Waals surface area contributed by atoms with Crippen LogP contribution < -0.4 is 10.5 Å². The molecule has 3 atom stereocenters. The summed E-state index contributed by atoms with van der Waals surface area (Å²) < 4.78 is 19.2. The molecule has 0 saturated heterocycles. The number of benzene rings is 1. The summed E-state index contributed by atoms with van der Waals surface area (Å²) in [6, 6.07) is 4.65. The third-order valence-electron chi connectivity index (χ3n) is 5.39. The zero-order valence-corrected chi connectivity index (χ0v) is 12.7. The van der Waals surface area contributed by atoms with Crippen molar-refractivity contribution in [2.75, 3.05) is 6.54 Å². The molecule has 0 amide bonds. The van der Waals surface area contributed by atoms with Gasteiger partial charge in [-0.05, 0) is 42.9 Å². The summed E-state index contributed by atoms with van der Waals surface area (Å²) >= 11 is 0. The first-order valence-electron chi connectivity index (χ1n) is 7.69. The topological polar surface area (TPSA) is 55.5 Å².